The Morgan fingerprint density at radius 2 is 2.00 bits per heavy atom. The monoisotopic (exact) mass is 359 g/mol. The average Bonchev–Trinajstić information content (AvgIpc) is 2.38. The van der Waals surface area contributed by atoms with Crippen molar-refractivity contribution in [2.24, 2.45) is 0 Å². The first-order valence-electron chi connectivity index (χ1n) is 5.65. The zero-order valence-corrected chi connectivity index (χ0v) is 12.4. The maximum Gasteiger partial charge on any atom is 0.228 e. The molecule has 6 heteroatoms. The number of amides is 1. The van der Waals surface area contributed by atoms with Crippen LogP contribution in [0.5, 0.6) is 0 Å². The van der Waals surface area contributed by atoms with Crippen LogP contribution in [0.4, 0.5) is 14.5 Å². The van der Waals surface area contributed by atoms with Gasteiger partial charge in [-0.1, -0.05) is 23.7 Å². The molecule has 0 aromatic heterocycles. The van der Waals surface area contributed by atoms with Crippen LogP contribution >= 0.6 is 27.5 Å². The summed E-state index contributed by atoms with van der Waals surface area (Å²) >= 11 is 9.04. The summed E-state index contributed by atoms with van der Waals surface area (Å²) in [5.41, 5.74) is 0.517. The number of carbonyl (C=O) groups is 1. The van der Waals surface area contributed by atoms with Crippen LogP contribution in [0.15, 0.2) is 40.9 Å². The first kappa shape index (κ1) is 14.9. The van der Waals surface area contributed by atoms with E-state index < -0.39 is 17.5 Å². The summed E-state index contributed by atoms with van der Waals surface area (Å²) in [5.74, 6) is -2.42. The van der Waals surface area contributed by atoms with Crippen LogP contribution in [0.1, 0.15) is 5.56 Å². The van der Waals surface area contributed by atoms with Gasteiger partial charge in [-0.15, -0.1) is 0 Å². The molecule has 0 unspecified atom stereocenters. The molecule has 0 heterocycles. The summed E-state index contributed by atoms with van der Waals surface area (Å²) in [5, 5.41) is 3.12. The highest BCUT2D eigenvalue weighted by molar-refractivity contribution is 9.10. The van der Waals surface area contributed by atoms with Gasteiger partial charge in [0.1, 0.15) is 0 Å². The number of nitrogens with one attached hydrogen (secondary N) is 1. The zero-order chi connectivity index (χ0) is 14.7. The van der Waals surface area contributed by atoms with Gasteiger partial charge >= 0.3 is 0 Å². The minimum absolute atomic E-state index is 0.00702. The number of hydrogen-bond acceptors (Lipinski definition) is 1. The van der Waals surface area contributed by atoms with Gasteiger partial charge in [0.25, 0.3) is 0 Å². The zero-order valence-electron chi connectivity index (χ0n) is 10.1. The predicted molar refractivity (Wildman–Crippen MR) is 77.8 cm³/mol. The first-order chi connectivity index (χ1) is 9.47. The number of anilines is 1. The van der Waals surface area contributed by atoms with E-state index in [1.54, 1.807) is 18.2 Å². The summed E-state index contributed by atoms with van der Waals surface area (Å²) in [4.78, 5) is 11.8. The standard InChI is InChI=1S/C14H9BrClF2NO/c15-10-7-9(16)4-5-12(10)19-13(20)6-8-2-1-3-11(17)14(8)18/h1-5,7H,6H2,(H,19,20). The molecule has 2 aromatic rings. The highest BCUT2D eigenvalue weighted by atomic mass is 79.9. The Bertz CT molecular complexity index is 664. The summed E-state index contributed by atoms with van der Waals surface area (Å²) in [6, 6.07) is 8.59. The van der Waals surface area contributed by atoms with Crippen LogP contribution in [-0.4, -0.2) is 5.91 Å². The highest BCUT2D eigenvalue weighted by Gasteiger charge is 2.12. The molecule has 1 amide bonds. The van der Waals surface area contributed by atoms with Gasteiger partial charge in [-0.25, -0.2) is 8.78 Å². The van der Waals surface area contributed by atoms with E-state index in [9.17, 15) is 13.6 Å². The Hall–Kier alpha value is -1.46. The van der Waals surface area contributed by atoms with Crippen molar-refractivity contribution in [2.75, 3.05) is 5.32 Å². The van der Waals surface area contributed by atoms with Crippen LogP contribution in [0.25, 0.3) is 0 Å². The van der Waals surface area contributed by atoms with Crippen LogP contribution in [-0.2, 0) is 11.2 Å². The molecule has 104 valence electrons. The lowest BCUT2D eigenvalue weighted by Gasteiger charge is -2.08. The van der Waals surface area contributed by atoms with Gasteiger partial charge in [-0.3, -0.25) is 4.79 Å². The lowest BCUT2D eigenvalue weighted by atomic mass is 10.1. The molecule has 0 fully saturated rings. The Kier molecular flexibility index (Phi) is 4.73. The van der Waals surface area contributed by atoms with Gasteiger partial charge < -0.3 is 5.32 Å². The maximum atomic E-state index is 13.5. The van der Waals surface area contributed by atoms with Crippen LogP contribution < -0.4 is 5.32 Å². The van der Waals surface area contributed by atoms with Gasteiger partial charge in [0.2, 0.25) is 5.91 Å². The molecule has 0 saturated carbocycles. The Morgan fingerprint density at radius 3 is 2.70 bits per heavy atom. The van der Waals surface area contributed by atoms with Crippen LogP contribution in [0.2, 0.25) is 5.02 Å². The topological polar surface area (TPSA) is 29.1 Å². The largest absolute Gasteiger partial charge is 0.325 e. The molecule has 0 spiro atoms. The average molecular weight is 361 g/mol. The summed E-state index contributed by atoms with van der Waals surface area (Å²) in [6.07, 6.45) is -0.251. The predicted octanol–water partition coefficient (Wildman–Crippen LogP) is 4.56. The third kappa shape index (κ3) is 3.55. The molecule has 1 N–H and O–H groups in total. The number of carbonyl (C=O) groups excluding carboxylic acids is 1. The molecule has 0 radical (unpaired) electrons. The third-order valence-electron chi connectivity index (χ3n) is 2.59. The fourth-order valence-corrected chi connectivity index (χ4v) is 2.43. The van der Waals surface area contributed by atoms with E-state index in [4.69, 9.17) is 11.6 Å². The molecule has 0 aliphatic heterocycles. The molecule has 0 aliphatic rings. The number of hydrogen-bond donors (Lipinski definition) is 1. The highest BCUT2D eigenvalue weighted by Crippen LogP contribution is 2.26. The van der Waals surface area contributed by atoms with E-state index in [1.165, 1.54) is 12.1 Å². The summed E-state index contributed by atoms with van der Waals surface area (Å²) < 4.78 is 27.1. The smallest absolute Gasteiger partial charge is 0.228 e. The Balaban J connectivity index is 2.11. The summed E-state index contributed by atoms with van der Waals surface area (Å²) in [7, 11) is 0. The van der Waals surface area contributed by atoms with Crippen molar-refractivity contribution >= 4 is 39.1 Å². The normalized spacial score (nSPS) is 10.4. The molecule has 2 aromatic carbocycles. The van der Waals surface area contributed by atoms with Gasteiger partial charge in [0.05, 0.1) is 12.1 Å². The van der Waals surface area contributed by atoms with Crippen LogP contribution in [0, 0.1) is 11.6 Å². The lowest BCUT2D eigenvalue weighted by molar-refractivity contribution is -0.115. The van der Waals surface area contributed by atoms with Crippen molar-refractivity contribution < 1.29 is 13.6 Å². The molecule has 20 heavy (non-hydrogen) atoms. The van der Waals surface area contributed by atoms with Gasteiger partial charge in [-0.05, 0) is 40.2 Å². The minimum atomic E-state index is -1.00. The molecular formula is C14H9BrClF2NO. The fourth-order valence-electron chi connectivity index (χ4n) is 1.64. The van der Waals surface area contributed by atoms with Crippen molar-refractivity contribution in [3.63, 3.8) is 0 Å². The van der Waals surface area contributed by atoms with Crippen molar-refractivity contribution in [1.29, 1.82) is 0 Å². The van der Waals surface area contributed by atoms with Crippen LogP contribution in [0.3, 0.4) is 0 Å². The molecule has 0 aliphatic carbocycles. The molecule has 2 nitrogen and oxygen atoms in total. The van der Waals surface area contributed by atoms with Crippen molar-refractivity contribution in [1.82, 2.24) is 0 Å². The van der Waals surface area contributed by atoms with Gasteiger partial charge in [-0.2, -0.15) is 0 Å². The quantitative estimate of drug-likeness (QED) is 0.854. The Labute approximate surface area is 127 Å². The second kappa shape index (κ2) is 6.33. The van der Waals surface area contributed by atoms with Gasteiger partial charge in [0.15, 0.2) is 11.6 Å². The van der Waals surface area contributed by atoms with E-state index in [2.05, 4.69) is 21.2 Å². The summed E-state index contributed by atoms with van der Waals surface area (Å²) in [6.45, 7) is 0. The third-order valence-corrected chi connectivity index (χ3v) is 3.48. The molecule has 0 saturated heterocycles. The molecule has 0 atom stereocenters. The minimum Gasteiger partial charge on any atom is -0.325 e. The van der Waals surface area contributed by atoms with E-state index in [1.807, 2.05) is 0 Å². The molecular weight excluding hydrogens is 352 g/mol. The van der Waals surface area contributed by atoms with Crippen molar-refractivity contribution in [3.8, 4) is 0 Å². The second-order valence-corrected chi connectivity index (χ2v) is 5.35. The molecule has 0 bridgehead atoms. The first-order valence-corrected chi connectivity index (χ1v) is 6.82. The Morgan fingerprint density at radius 1 is 1.25 bits per heavy atom. The second-order valence-electron chi connectivity index (χ2n) is 4.06. The maximum absolute atomic E-state index is 13.5. The number of halogens is 4. The molecule has 2 rings (SSSR count). The van der Waals surface area contributed by atoms with Crippen molar-refractivity contribution in [2.45, 2.75) is 6.42 Å². The van der Waals surface area contributed by atoms with E-state index in [0.717, 1.165) is 6.07 Å². The van der Waals surface area contributed by atoms with Gasteiger partial charge in [0, 0.05) is 15.1 Å². The van der Waals surface area contributed by atoms with E-state index >= 15 is 0 Å². The number of rotatable bonds is 3. The number of benzene rings is 2. The van der Waals surface area contributed by atoms with E-state index in [0.29, 0.717) is 15.2 Å². The SMILES string of the molecule is O=C(Cc1cccc(F)c1F)Nc1ccc(Cl)cc1Br. The van der Waals surface area contributed by atoms with E-state index in [-0.39, 0.29) is 12.0 Å². The van der Waals surface area contributed by atoms with Crippen molar-refractivity contribution in [3.05, 3.63) is 63.1 Å². The fraction of sp³-hybridized carbons (Fsp3) is 0.0714. The lowest BCUT2D eigenvalue weighted by Crippen LogP contribution is -2.15.